The van der Waals surface area contributed by atoms with Crippen molar-refractivity contribution < 1.29 is 14.0 Å². The first-order valence-electron chi connectivity index (χ1n) is 7.40. The molecular formula is C18H16O3. The maximum Gasteiger partial charge on any atom is 0.237 e. The van der Waals surface area contributed by atoms with Gasteiger partial charge in [0.05, 0.1) is 11.8 Å². The second-order valence-electron chi connectivity index (χ2n) is 6.25. The topological polar surface area (TPSA) is 47.3 Å². The van der Waals surface area contributed by atoms with Crippen molar-refractivity contribution in [2.45, 2.75) is 33.1 Å². The Balaban J connectivity index is 2.04. The van der Waals surface area contributed by atoms with Crippen LogP contribution in [-0.2, 0) is 12.8 Å². The van der Waals surface area contributed by atoms with Crippen LogP contribution in [0.2, 0.25) is 0 Å². The summed E-state index contributed by atoms with van der Waals surface area (Å²) in [6.45, 7) is 4.00. The van der Waals surface area contributed by atoms with E-state index in [1.807, 2.05) is 6.07 Å². The predicted octanol–water partition coefficient (Wildman–Crippen LogP) is 3.76. The van der Waals surface area contributed by atoms with Gasteiger partial charge in [-0.2, -0.15) is 0 Å². The highest BCUT2D eigenvalue weighted by Gasteiger charge is 2.37. The molecule has 1 aromatic heterocycles. The lowest BCUT2D eigenvalue weighted by molar-refractivity contribution is 0.0813. The third kappa shape index (κ3) is 1.60. The smallest absolute Gasteiger partial charge is 0.237 e. The molecule has 0 saturated carbocycles. The van der Waals surface area contributed by atoms with Crippen LogP contribution in [0.1, 0.15) is 50.8 Å². The maximum atomic E-state index is 12.6. The quantitative estimate of drug-likeness (QED) is 0.690. The van der Waals surface area contributed by atoms with Gasteiger partial charge in [0.2, 0.25) is 11.6 Å². The number of carbonyl (C=O) groups excluding carboxylic acids is 2. The van der Waals surface area contributed by atoms with E-state index < -0.39 is 5.78 Å². The molecule has 3 nitrogen and oxygen atoms in total. The Morgan fingerprint density at radius 3 is 2.71 bits per heavy atom. The van der Waals surface area contributed by atoms with Gasteiger partial charge in [-0.1, -0.05) is 19.1 Å². The Hall–Kier alpha value is -2.16. The third-order valence-corrected chi connectivity index (χ3v) is 4.75. The van der Waals surface area contributed by atoms with Gasteiger partial charge in [-0.25, -0.2) is 0 Å². The average molecular weight is 280 g/mol. The van der Waals surface area contributed by atoms with Crippen LogP contribution in [-0.4, -0.2) is 11.6 Å². The number of carbonyl (C=O) groups is 2. The van der Waals surface area contributed by atoms with Gasteiger partial charge in [-0.15, -0.1) is 0 Å². The summed E-state index contributed by atoms with van der Waals surface area (Å²) >= 11 is 0. The number of ketones is 2. The zero-order valence-corrected chi connectivity index (χ0v) is 12.2. The van der Waals surface area contributed by atoms with E-state index in [0.29, 0.717) is 22.8 Å². The first kappa shape index (κ1) is 12.6. The first-order valence-corrected chi connectivity index (χ1v) is 7.40. The number of hydrogen-bond donors (Lipinski definition) is 0. The lowest BCUT2D eigenvalue weighted by Crippen LogP contribution is -2.25. The van der Waals surface area contributed by atoms with Crippen LogP contribution in [0.25, 0.3) is 11.3 Å². The number of rotatable bonds is 0. The highest BCUT2D eigenvalue weighted by Crippen LogP contribution is 2.41. The number of hydrogen-bond acceptors (Lipinski definition) is 3. The zero-order valence-electron chi connectivity index (χ0n) is 12.2. The number of aryl methyl sites for hydroxylation is 2. The molecule has 1 atom stereocenters. The minimum absolute atomic E-state index is 0.368. The van der Waals surface area contributed by atoms with Gasteiger partial charge in [0, 0.05) is 11.1 Å². The molecule has 1 unspecified atom stereocenters. The minimum atomic E-state index is -0.421. The molecule has 0 spiro atoms. The second kappa shape index (κ2) is 4.17. The van der Waals surface area contributed by atoms with E-state index in [1.165, 1.54) is 5.56 Å². The van der Waals surface area contributed by atoms with E-state index in [1.54, 1.807) is 13.2 Å². The summed E-state index contributed by atoms with van der Waals surface area (Å²) < 4.78 is 5.58. The van der Waals surface area contributed by atoms with Crippen LogP contribution in [0.4, 0.5) is 0 Å². The highest BCUT2D eigenvalue weighted by molar-refractivity contribution is 6.53. The van der Waals surface area contributed by atoms with Crippen LogP contribution < -0.4 is 0 Å². The monoisotopic (exact) mass is 280 g/mol. The van der Waals surface area contributed by atoms with Gasteiger partial charge in [0.1, 0.15) is 5.76 Å². The molecule has 21 heavy (non-hydrogen) atoms. The van der Waals surface area contributed by atoms with Crippen molar-refractivity contribution >= 4 is 11.6 Å². The SMILES string of the molecule is Cc1coc2c1C(=O)C(=O)c1c-2ccc2c1CC(C)CC2. The fraction of sp³-hybridized carbons (Fsp3) is 0.333. The molecule has 4 rings (SSSR count). The normalized spacial score (nSPS) is 20.0. The molecule has 2 aliphatic carbocycles. The molecule has 3 heteroatoms. The number of benzene rings is 1. The van der Waals surface area contributed by atoms with Gasteiger partial charge in [-0.05, 0) is 48.8 Å². The molecule has 0 aliphatic heterocycles. The van der Waals surface area contributed by atoms with E-state index in [0.717, 1.165) is 36.0 Å². The van der Waals surface area contributed by atoms with Gasteiger partial charge >= 0.3 is 0 Å². The van der Waals surface area contributed by atoms with Crippen molar-refractivity contribution in [1.82, 2.24) is 0 Å². The summed E-state index contributed by atoms with van der Waals surface area (Å²) in [6, 6.07) is 4.03. The van der Waals surface area contributed by atoms with Crippen LogP contribution in [0.5, 0.6) is 0 Å². The van der Waals surface area contributed by atoms with Crippen molar-refractivity contribution in [2.24, 2.45) is 5.92 Å². The molecule has 0 fully saturated rings. The van der Waals surface area contributed by atoms with E-state index in [-0.39, 0.29) is 5.78 Å². The minimum Gasteiger partial charge on any atom is -0.463 e. The van der Waals surface area contributed by atoms with Crippen molar-refractivity contribution in [2.75, 3.05) is 0 Å². The predicted molar refractivity (Wildman–Crippen MR) is 78.7 cm³/mol. The standard InChI is InChI=1S/C18H16O3/c1-9-3-4-11-5-6-12-15(13(11)7-9)17(20)16(19)14-10(2)8-21-18(12)14/h5-6,8-9H,3-4,7H2,1-2H3. The first-order chi connectivity index (χ1) is 10.1. The van der Waals surface area contributed by atoms with Gasteiger partial charge in [0.25, 0.3) is 0 Å². The Morgan fingerprint density at radius 1 is 1.14 bits per heavy atom. The van der Waals surface area contributed by atoms with E-state index >= 15 is 0 Å². The molecule has 0 N–H and O–H groups in total. The molecule has 2 aliphatic rings. The number of furan rings is 1. The largest absolute Gasteiger partial charge is 0.463 e. The molecule has 0 saturated heterocycles. The summed E-state index contributed by atoms with van der Waals surface area (Å²) in [6.07, 6.45) is 4.55. The fourth-order valence-corrected chi connectivity index (χ4v) is 3.61. The van der Waals surface area contributed by atoms with Crippen molar-refractivity contribution in [1.29, 1.82) is 0 Å². The average Bonchev–Trinajstić information content (AvgIpc) is 2.86. The van der Waals surface area contributed by atoms with Crippen molar-refractivity contribution in [3.63, 3.8) is 0 Å². The molecule has 0 bridgehead atoms. The zero-order chi connectivity index (χ0) is 14.7. The molecule has 0 amide bonds. The summed E-state index contributed by atoms with van der Waals surface area (Å²) in [5, 5.41) is 0. The molecule has 0 radical (unpaired) electrons. The Bertz CT molecular complexity index is 795. The summed E-state index contributed by atoms with van der Waals surface area (Å²) in [7, 11) is 0. The molecule has 106 valence electrons. The van der Waals surface area contributed by atoms with Gasteiger partial charge < -0.3 is 4.42 Å². The molecule has 1 aromatic carbocycles. The fourth-order valence-electron chi connectivity index (χ4n) is 3.61. The van der Waals surface area contributed by atoms with Crippen LogP contribution in [0.3, 0.4) is 0 Å². The Labute approximate surface area is 123 Å². The highest BCUT2D eigenvalue weighted by atomic mass is 16.3. The van der Waals surface area contributed by atoms with E-state index in [9.17, 15) is 9.59 Å². The van der Waals surface area contributed by atoms with E-state index in [2.05, 4.69) is 13.0 Å². The summed E-state index contributed by atoms with van der Waals surface area (Å²) in [4.78, 5) is 25.0. The molecule has 2 aromatic rings. The second-order valence-corrected chi connectivity index (χ2v) is 6.25. The third-order valence-electron chi connectivity index (χ3n) is 4.75. The summed E-state index contributed by atoms with van der Waals surface area (Å²) in [5.74, 6) is 0.322. The van der Waals surface area contributed by atoms with Crippen LogP contribution >= 0.6 is 0 Å². The Kier molecular flexibility index (Phi) is 2.49. The van der Waals surface area contributed by atoms with Gasteiger partial charge in [0.15, 0.2) is 0 Å². The maximum absolute atomic E-state index is 12.6. The molecular weight excluding hydrogens is 264 g/mol. The lowest BCUT2D eigenvalue weighted by atomic mass is 9.76. The number of fused-ring (bicyclic) bond motifs is 5. The Morgan fingerprint density at radius 2 is 1.90 bits per heavy atom. The van der Waals surface area contributed by atoms with E-state index in [4.69, 9.17) is 4.42 Å². The van der Waals surface area contributed by atoms with Crippen molar-refractivity contribution in [3.8, 4) is 11.3 Å². The van der Waals surface area contributed by atoms with Gasteiger partial charge in [-0.3, -0.25) is 9.59 Å². The van der Waals surface area contributed by atoms with Crippen LogP contribution in [0, 0.1) is 12.8 Å². The molecule has 1 heterocycles. The van der Waals surface area contributed by atoms with Crippen LogP contribution in [0.15, 0.2) is 22.8 Å². The lowest BCUT2D eigenvalue weighted by Gasteiger charge is -2.26. The number of Topliss-reactive ketones (excluding diaryl/α,β-unsaturated/α-hetero) is 2. The van der Waals surface area contributed by atoms with Crippen molar-refractivity contribution in [3.05, 3.63) is 46.2 Å². The summed E-state index contributed by atoms with van der Waals surface area (Å²) in [5.41, 5.74) is 4.82.